The van der Waals surface area contributed by atoms with Gasteiger partial charge in [-0.05, 0) is 5.92 Å². The van der Waals surface area contributed by atoms with E-state index in [1.165, 1.54) is 13.1 Å². The van der Waals surface area contributed by atoms with E-state index >= 15 is 0 Å². The SMILES string of the molecule is CC(=O)N=CC1OC(=O)OC1C(C)C. The Labute approximate surface area is 82.1 Å². The average Bonchev–Trinajstić information content (AvgIpc) is 2.43. The van der Waals surface area contributed by atoms with Crippen LogP contribution >= 0.6 is 0 Å². The van der Waals surface area contributed by atoms with Crippen molar-refractivity contribution in [2.75, 3.05) is 0 Å². The molecule has 14 heavy (non-hydrogen) atoms. The predicted molar refractivity (Wildman–Crippen MR) is 49.2 cm³/mol. The number of rotatable bonds is 2. The van der Waals surface area contributed by atoms with Gasteiger partial charge in [-0.3, -0.25) is 4.79 Å². The number of aliphatic imine (C=N–C) groups is 1. The molecule has 0 aliphatic carbocycles. The summed E-state index contributed by atoms with van der Waals surface area (Å²) < 4.78 is 9.73. The fourth-order valence-corrected chi connectivity index (χ4v) is 1.19. The summed E-state index contributed by atoms with van der Waals surface area (Å²) in [5.41, 5.74) is 0. The van der Waals surface area contributed by atoms with Gasteiger partial charge in [0, 0.05) is 6.92 Å². The monoisotopic (exact) mass is 199 g/mol. The second-order valence-corrected chi connectivity index (χ2v) is 3.46. The van der Waals surface area contributed by atoms with Crippen molar-refractivity contribution in [2.24, 2.45) is 10.9 Å². The second-order valence-electron chi connectivity index (χ2n) is 3.46. The third-order valence-electron chi connectivity index (χ3n) is 1.85. The lowest BCUT2D eigenvalue weighted by Gasteiger charge is -2.14. The maximum Gasteiger partial charge on any atom is 0.509 e. The van der Waals surface area contributed by atoms with Crippen LogP contribution in [0.3, 0.4) is 0 Å². The number of carbonyl (C=O) groups excluding carboxylic acids is 2. The smallest absolute Gasteiger partial charge is 0.426 e. The molecule has 2 unspecified atom stereocenters. The van der Waals surface area contributed by atoms with Crippen LogP contribution < -0.4 is 0 Å². The van der Waals surface area contributed by atoms with E-state index in [0.29, 0.717) is 0 Å². The molecule has 2 atom stereocenters. The molecule has 0 radical (unpaired) electrons. The van der Waals surface area contributed by atoms with Gasteiger partial charge in [-0.15, -0.1) is 0 Å². The molecule has 1 rings (SSSR count). The number of cyclic esters (lactones) is 2. The van der Waals surface area contributed by atoms with Crippen LogP contribution in [0.25, 0.3) is 0 Å². The van der Waals surface area contributed by atoms with Gasteiger partial charge < -0.3 is 9.47 Å². The molecular weight excluding hydrogens is 186 g/mol. The summed E-state index contributed by atoms with van der Waals surface area (Å²) in [5.74, 6) is -0.194. The van der Waals surface area contributed by atoms with Gasteiger partial charge in [0.1, 0.15) is 6.10 Å². The zero-order chi connectivity index (χ0) is 10.7. The number of amides is 1. The van der Waals surface area contributed by atoms with Crippen molar-refractivity contribution in [3.8, 4) is 0 Å². The van der Waals surface area contributed by atoms with Crippen molar-refractivity contribution < 1.29 is 19.1 Å². The van der Waals surface area contributed by atoms with E-state index in [-0.39, 0.29) is 17.9 Å². The minimum Gasteiger partial charge on any atom is -0.426 e. The largest absolute Gasteiger partial charge is 0.509 e. The fraction of sp³-hybridized carbons (Fsp3) is 0.667. The minimum absolute atomic E-state index is 0.129. The van der Waals surface area contributed by atoms with Gasteiger partial charge in [-0.25, -0.2) is 9.79 Å². The van der Waals surface area contributed by atoms with Crippen LogP contribution in [-0.4, -0.2) is 30.5 Å². The highest BCUT2D eigenvalue weighted by Crippen LogP contribution is 2.20. The maximum absolute atomic E-state index is 10.8. The molecule has 1 fully saturated rings. The molecular formula is C9H13NO4. The quantitative estimate of drug-likeness (QED) is 0.494. The molecule has 0 spiro atoms. The number of carbonyl (C=O) groups is 2. The first-order chi connectivity index (χ1) is 6.50. The van der Waals surface area contributed by atoms with Crippen LogP contribution in [-0.2, 0) is 14.3 Å². The van der Waals surface area contributed by atoms with E-state index in [0.717, 1.165) is 0 Å². The van der Waals surface area contributed by atoms with E-state index in [2.05, 4.69) is 4.99 Å². The van der Waals surface area contributed by atoms with E-state index in [9.17, 15) is 9.59 Å². The van der Waals surface area contributed by atoms with Crippen molar-refractivity contribution in [3.05, 3.63) is 0 Å². The van der Waals surface area contributed by atoms with Gasteiger partial charge in [0.05, 0.1) is 6.21 Å². The van der Waals surface area contributed by atoms with Crippen molar-refractivity contribution in [1.82, 2.24) is 0 Å². The molecule has 0 aromatic carbocycles. The Kier molecular flexibility index (Phi) is 3.22. The number of ether oxygens (including phenoxy) is 2. The third-order valence-corrected chi connectivity index (χ3v) is 1.85. The molecule has 1 aliphatic heterocycles. The molecule has 0 N–H and O–H groups in total. The van der Waals surface area contributed by atoms with E-state index in [1.807, 2.05) is 13.8 Å². The van der Waals surface area contributed by atoms with Crippen LogP contribution in [0.15, 0.2) is 4.99 Å². The number of nitrogens with zero attached hydrogens (tertiary/aromatic N) is 1. The van der Waals surface area contributed by atoms with Crippen LogP contribution in [0.1, 0.15) is 20.8 Å². The van der Waals surface area contributed by atoms with E-state index < -0.39 is 12.3 Å². The van der Waals surface area contributed by atoms with Crippen molar-refractivity contribution in [2.45, 2.75) is 33.0 Å². The molecule has 5 nitrogen and oxygen atoms in total. The van der Waals surface area contributed by atoms with Crippen LogP contribution in [0.2, 0.25) is 0 Å². The lowest BCUT2D eigenvalue weighted by Crippen LogP contribution is -2.29. The maximum atomic E-state index is 10.8. The van der Waals surface area contributed by atoms with Crippen molar-refractivity contribution in [1.29, 1.82) is 0 Å². The molecule has 1 heterocycles. The Bertz CT molecular complexity index is 272. The predicted octanol–water partition coefficient (Wildman–Crippen LogP) is 1.16. The minimum atomic E-state index is -0.705. The summed E-state index contributed by atoms with van der Waals surface area (Å²) in [5, 5.41) is 0. The molecule has 78 valence electrons. The Morgan fingerprint density at radius 3 is 2.64 bits per heavy atom. The highest BCUT2D eigenvalue weighted by atomic mass is 16.8. The zero-order valence-corrected chi connectivity index (χ0v) is 8.39. The number of hydrogen-bond acceptors (Lipinski definition) is 4. The molecule has 0 aromatic rings. The van der Waals surface area contributed by atoms with Crippen LogP contribution in [0.4, 0.5) is 4.79 Å². The lowest BCUT2D eigenvalue weighted by molar-refractivity contribution is -0.115. The Morgan fingerprint density at radius 2 is 2.14 bits per heavy atom. The normalized spacial score (nSPS) is 26.7. The van der Waals surface area contributed by atoms with Crippen molar-refractivity contribution >= 4 is 18.3 Å². The van der Waals surface area contributed by atoms with E-state index in [1.54, 1.807) is 0 Å². The molecule has 0 saturated carbocycles. The summed E-state index contributed by atoms with van der Waals surface area (Å²) in [6.45, 7) is 5.14. The molecule has 1 amide bonds. The third kappa shape index (κ3) is 2.55. The molecule has 0 aromatic heterocycles. The first kappa shape index (κ1) is 10.7. The fourth-order valence-electron chi connectivity index (χ4n) is 1.19. The highest BCUT2D eigenvalue weighted by Gasteiger charge is 2.37. The molecule has 0 bridgehead atoms. The zero-order valence-electron chi connectivity index (χ0n) is 8.39. The van der Waals surface area contributed by atoms with Crippen LogP contribution in [0.5, 0.6) is 0 Å². The van der Waals surface area contributed by atoms with Gasteiger partial charge in [0.25, 0.3) is 0 Å². The van der Waals surface area contributed by atoms with E-state index in [4.69, 9.17) is 9.47 Å². The van der Waals surface area contributed by atoms with Gasteiger partial charge in [0.15, 0.2) is 6.10 Å². The Morgan fingerprint density at radius 1 is 1.50 bits per heavy atom. The van der Waals surface area contributed by atoms with Gasteiger partial charge in [-0.2, -0.15) is 0 Å². The second kappa shape index (κ2) is 4.21. The lowest BCUT2D eigenvalue weighted by atomic mass is 10.0. The van der Waals surface area contributed by atoms with Gasteiger partial charge in [0.2, 0.25) is 5.91 Å². The molecule has 1 aliphatic rings. The summed E-state index contributed by atoms with van der Waals surface area (Å²) in [4.78, 5) is 25.0. The summed E-state index contributed by atoms with van der Waals surface area (Å²) >= 11 is 0. The molecule has 5 heteroatoms. The van der Waals surface area contributed by atoms with Crippen LogP contribution in [0, 0.1) is 5.92 Å². The summed E-state index contributed by atoms with van der Waals surface area (Å²) in [7, 11) is 0. The Balaban J connectivity index is 2.66. The standard InChI is InChI=1S/C9H13NO4/c1-5(2)8-7(4-10-6(3)11)13-9(12)14-8/h4-5,7-8H,1-3H3. The average molecular weight is 199 g/mol. The molecule has 1 saturated heterocycles. The first-order valence-corrected chi connectivity index (χ1v) is 4.42. The van der Waals surface area contributed by atoms with Crippen molar-refractivity contribution in [3.63, 3.8) is 0 Å². The topological polar surface area (TPSA) is 65.0 Å². The summed E-state index contributed by atoms with van der Waals surface area (Å²) in [6.07, 6.45) is -0.293. The Hall–Kier alpha value is -1.39. The highest BCUT2D eigenvalue weighted by molar-refractivity contribution is 5.86. The summed E-state index contributed by atoms with van der Waals surface area (Å²) in [6, 6.07) is 0. The first-order valence-electron chi connectivity index (χ1n) is 4.42. The van der Waals surface area contributed by atoms with Gasteiger partial charge >= 0.3 is 6.16 Å². The van der Waals surface area contributed by atoms with Gasteiger partial charge in [-0.1, -0.05) is 13.8 Å². The number of hydrogen-bond donors (Lipinski definition) is 0.